The van der Waals surface area contributed by atoms with Gasteiger partial charge in [0.15, 0.2) is 0 Å². The minimum absolute atomic E-state index is 0.00531. The Hall–Kier alpha value is -1.46. The third-order valence-electron chi connectivity index (χ3n) is 2.87. The highest BCUT2D eigenvalue weighted by molar-refractivity contribution is 9.10. The number of anilines is 1. The number of carbonyl (C=O) groups excluding carboxylic acids is 1. The minimum Gasteiger partial charge on any atom is -0.493 e. The van der Waals surface area contributed by atoms with Gasteiger partial charge in [-0.2, -0.15) is 0 Å². The zero-order chi connectivity index (χ0) is 15.8. The monoisotopic (exact) mass is 379 g/mol. The van der Waals surface area contributed by atoms with Gasteiger partial charge < -0.3 is 10.1 Å². The van der Waals surface area contributed by atoms with E-state index in [1.807, 2.05) is 55.5 Å². The lowest BCUT2D eigenvalue weighted by molar-refractivity contribution is -0.113. The number of amides is 1. The third-order valence-corrected chi connectivity index (χ3v) is 4.45. The van der Waals surface area contributed by atoms with Gasteiger partial charge in [-0.15, -0.1) is 11.8 Å². The second-order valence-corrected chi connectivity index (χ2v) is 6.71. The van der Waals surface area contributed by atoms with E-state index in [9.17, 15) is 4.79 Å². The summed E-state index contributed by atoms with van der Waals surface area (Å²) < 4.78 is 6.48. The van der Waals surface area contributed by atoms with Crippen molar-refractivity contribution < 1.29 is 9.53 Å². The molecular formula is C17H18BrNO2S. The number of para-hydroxylation sites is 1. The summed E-state index contributed by atoms with van der Waals surface area (Å²) in [5.41, 5.74) is 1.95. The van der Waals surface area contributed by atoms with Gasteiger partial charge in [0, 0.05) is 10.2 Å². The van der Waals surface area contributed by atoms with Gasteiger partial charge in [-0.25, -0.2) is 0 Å². The molecule has 0 saturated carbocycles. The number of carbonyl (C=O) groups is 1. The van der Waals surface area contributed by atoms with E-state index < -0.39 is 0 Å². The molecule has 0 atom stereocenters. The lowest BCUT2D eigenvalue weighted by Gasteiger charge is -2.08. The first-order chi connectivity index (χ1) is 10.6. The molecule has 0 fully saturated rings. The fraction of sp³-hybridized carbons (Fsp3) is 0.235. The topological polar surface area (TPSA) is 38.3 Å². The molecule has 22 heavy (non-hydrogen) atoms. The predicted octanol–water partition coefficient (Wildman–Crippen LogP) is 4.51. The van der Waals surface area contributed by atoms with Crippen LogP contribution in [0.5, 0.6) is 5.75 Å². The van der Waals surface area contributed by atoms with Gasteiger partial charge in [-0.1, -0.05) is 24.3 Å². The van der Waals surface area contributed by atoms with Crippen LogP contribution < -0.4 is 10.1 Å². The molecule has 0 bridgehead atoms. The molecule has 0 aliphatic carbocycles. The van der Waals surface area contributed by atoms with Crippen molar-refractivity contribution in [2.75, 3.05) is 23.4 Å². The highest BCUT2D eigenvalue weighted by atomic mass is 79.9. The zero-order valence-corrected chi connectivity index (χ0v) is 14.7. The fourth-order valence-corrected chi connectivity index (χ4v) is 3.00. The van der Waals surface area contributed by atoms with Crippen LogP contribution in [0.1, 0.15) is 5.56 Å². The Labute approximate surface area is 143 Å². The first-order valence-corrected chi connectivity index (χ1v) is 8.91. The molecule has 2 rings (SSSR count). The number of ether oxygens (including phenoxy) is 1. The van der Waals surface area contributed by atoms with Crippen molar-refractivity contribution in [2.45, 2.75) is 6.92 Å². The fourth-order valence-electron chi connectivity index (χ4n) is 1.81. The summed E-state index contributed by atoms with van der Waals surface area (Å²) in [6, 6.07) is 15.5. The van der Waals surface area contributed by atoms with Crippen molar-refractivity contribution in [3.8, 4) is 5.75 Å². The van der Waals surface area contributed by atoms with Crippen molar-refractivity contribution in [1.82, 2.24) is 0 Å². The molecule has 2 aromatic carbocycles. The lowest BCUT2D eigenvalue weighted by atomic mass is 10.2. The maximum Gasteiger partial charge on any atom is 0.234 e. The van der Waals surface area contributed by atoms with Crippen molar-refractivity contribution in [1.29, 1.82) is 0 Å². The second kappa shape index (κ2) is 8.86. The van der Waals surface area contributed by atoms with Gasteiger partial charge in [0.2, 0.25) is 5.91 Å². The van der Waals surface area contributed by atoms with Crippen LogP contribution >= 0.6 is 27.7 Å². The van der Waals surface area contributed by atoms with Crippen LogP contribution in [0.25, 0.3) is 0 Å². The van der Waals surface area contributed by atoms with Gasteiger partial charge in [0.1, 0.15) is 5.75 Å². The summed E-state index contributed by atoms with van der Waals surface area (Å²) in [7, 11) is 0. The maximum atomic E-state index is 11.9. The van der Waals surface area contributed by atoms with Crippen LogP contribution in [-0.4, -0.2) is 24.0 Å². The number of benzene rings is 2. The molecule has 0 radical (unpaired) electrons. The SMILES string of the molecule is Cc1ccc(NC(=O)CSCCOc2ccccc2)c(Br)c1. The average molecular weight is 380 g/mol. The van der Waals surface area contributed by atoms with E-state index in [-0.39, 0.29) is 5.91 Å². The van der Waals surface area contributed by atoms with Crippen molar-refractivity contribution in [3.63, 3.8) is 0 Å². The van der Waals surface area contributed by atoms with Gasteiger partial charge in [-0.3, -0.25) is 4.79 Å². The van der Waals surface area contributed by atoms with E-state index in [0.717, 1.165) is 27.2 Å². The number of aryl methyl sites for hydroxylation is 1. The standard InChI is InChI=1S/C17H18BrNO2S/c1-13-7-8-16(15(18)11-13)19-17(20)12-22-10-9-21-14-5-3-2-4-6-14/h2-8,11H,9-10,12H2,1H3,(H,19,20). The smallest absolute Gasteiger partial charge is 0.234 e. The second-order valence-electron chi connectivity index (χ2n) is 4.75. The number of halogens is 1. The highest BCUT2D eigenvalue weighted by Gasteiger charge is 2.06. The molecule has 0 unspecified atom stereocenters. The van der Waals surface area contributed by atoms with E-state index in [0.29, 0.717) is 12.4 Å². The van der Waals surface area contributed by atoms with Crippen LogP contribution in [0, 0.1) is 6.92 Å². The van der Waals surface area contributed by atoms with Crippen LogP contribution in [0.2, 0.25) is 0 Å². The highest BCUT2D eigenvalue weighted by Crippen LogP contribution is 2.23. The van der Waals surface area contributed by atoms with Gasteiger partial charge in [-0.05, 0) is 52.7 Å². The molecule has 1 amide bonds. The van der Waals surface area contributed by atoms with Crippen LogP contribution in [-0.2, 0) is 4.79 Å². The zero-order valence-electron chi connectivity index (χ0n) is 12.3. The molecular weight excluding hydrogens is 362 g/mol. The number of thioether (sulfide) groups is 1. The molecule has 5 heteroatoms. The summed E-state index contributed by atoms with van der Waals surface area (Å²) in [5, 5.41) is 2.90. The molecule has 0 heterocycles. The molecule has 2 aromatic rings. The predicted molar refractivity (Wildman–Crippen MR) is 96.8 cm³/mol. The Morgan fingerprint density at radius 3 is 2.73 bits per heavy atom. The lowest BCUT2D eigenvalue weighted by Crippen LogP contribution is -2.15. The molecule has 3 nitrogen and oxygen atoms in total. The van der Waals surface area contributed by atoms with E-state index in [1.54, 1.807) is 11.8 Å². The Kier molecular flexibility index (Phi) is 6.80. The van der Waals surface area contributed by atoms with E-state index in [4.69, 9.17) is 4.74 Å². The molecule has 0 aliphatic rings. The van der Waals surface area contributed by atoms with Crippen LogP contribution in [0.15, 0.2) is 53.0 Å². The quantitative estimate of drug-likeness (QED) is 0.719. The Morgan fingerprint density at radius 1 is 1.23 bits per heavy atom. The number of rotatable bonds is 7. The van der Waals surface area contributed by atoms with Gasteiger partial charge in [0.05, 0.1) is 18.0 Å². The third kappa shape index (κ3) is 5.73. The summed E-state index contributed by atoms with van der Waals surface area (Å²) in [4.78, 5) is 11.9. The van der Waals surface area contributed by atoms with Crippen molar-refractivity contribution in [2.24, 2.45) is 0 Å². The molecule has 0 saturated heterocycles. The summed E-state index contributed by atoms with van der Waals surface area (Å²) >= 11 is 5.01. The summed E-state index contributed by atoms with van der Waals surface area (Å²) in [6.07, 6.45) is 0. The molecule has 0 aliphatic heterocycles. The minimum atomic E-state index is -0.00531. The van der Waals surface area contributed by atoms with E-state index >= 15 is 0 Å². The normalized spacial score (nSPS) is 10.3. The summed E-state index contributed by atoms with van der Waals surface area (Å²) in [5.74, 6) is 2.04. The molecule has 0 spiro atoms. The Balaban J connectivity index is 1.65. The van der Waals surface area contributed by atoms with E-state index in [2.05, 4.69) is 21.2 Å². The maximum absolute atomic E-state index is 11.9. The van der Waals surface area contributed by atoms with Gasteiger partial charge >= 0.3 is 0 Å². The van der Waals surface area contributed by atoms with Crippen LogP contribution in [0.4, 0.5) is 5.69 Å². The largest absolute Gasteiger partial charge is 0.493 e. The van der Waals surface area contributed by atoms with Crippen molar-refractivity contribution >= 4 is 39.3 Å². The van der Waals surface area contributed by atoms with E-state index in [1.165, 1.54) is 0 Å². The first kappa shape index (κ1) is 16.9. The summed E-state index contributed by atoms with van der Waals surface area (Å²) in [6.45, 7) is 2.61. The molecule has 116 valence electrons. The van der Waals surface area contributed by atoms with Crippen molar-refractivity contribution in [3.05, 3.63) is 58.6 Å². The Morgan fingerprint density at radius 2 is 2.00 bits per heavy atom. The number of hydrogen-bond acceptors (Lipinski definition) is 3. The number of hydrogen-bond donors (Lipinski definition) is 1. The average Bonchev–Trinajstić information content (AvgIpc) is 2.51. The van der Waals surface area contributed by atoms with Crippen LogP contribution in [0.3, 0.4) is 0 Å². The first-order valence-electron chi connectivity index (χ1n) is 6.97. The Bertz CT molecular complexity index is 619. The number of nitrogens with one attached hydrogen (secondary N) is 1. The molecule has 1 N–H and O–H groups in total. The molecule has 0 aromatic heterocycles. The van der Waals surface area contributed by atoms with Gasteiger partial charge in [0.25, 0.3) is 0 Å².